The van der Waals surface area contributed by atoms with E-state index < -0.39 is 5.97 Å². The van der Waals surface area contributed by atoms with Crippen LogP contribution in [0.5, 0.6) is 0 Å². The van der Waals surface area contributed by atoms with E-state index in [2.05, 4.69) is 25.9 Å². The molecule has 2 aromatic rings. The first-order valence-electron chi connectivity index (χ1n) is 5.57. The van der Waals surface area contributed by atoms with Crippen LogP contribution < -0.4 is 0 Å². The van der Waals surface area contributed by atoms with Gasteiger partial charge in [-0.15, -0.1) is 0 Å². The molecule has 0 atom stereocenters. The number of aromatic nitrogens is 2. The molecule has 0 radical (unpaired) electrons. The zero-order valence-corrected chi connectivity index (χ0v) is 11.8. The van der Waals surface area contributed by atoms with E-state index >= 15 is 0 Å². The van der Waals surface area contributed by atoms with Crippen molar-refractivity contribution in [1.82, 2.24) is 9.97 Å². The second-order valence-electron chi connectivity index (χ2n) is 3.93. The second-order valence-corrected chi connectivity index (χ2v) is 4.85. The number of benzene rings is 1. The molecule has 0 saturated heterocycles. The van der Waals surface area contributed by atoms with Crippen LogP contribution in [0.4, 0.5) is 0 Å². The molecule has 96 valence electrons. The Morgan fingerprint density at radius 2 is 1.95 bits per heavy atom. The fourth-order valence-corrected chi connectivity index (χ4v) is 1.84. The molecule has 0 aliphatic rings. The highest BCUT2D eigenvalue weighted by molar-refractivity contribution is 9.10. The number of carboxylic acid groups (broad SMARTS) is 1. The van der Waals surface area contributed by atoms with Gasteiger partial charge in [-0.2, -0.15) is 0 Å². The Balaban J connectivity index is 2.41. The summed E-state index contributed by atoms with van der Waals surface area (Å²) in [5, 5.41) is 8.61. The van der Waals surface area contributed by atoms with Crippen LogP contribution in [-0.4, -0.2) is 21.0 Å². The molecule has 0 saturated carbocycles. The molecule has 0 unspecified atom stereocenters. The summed E-state index contributed by atoms with van der Waals surface area (Å²) in [6.45, 7) is 1.85. The summed E-state index contributed by atoms with van der Waals surface area (Å²) in [6.07, 6.45) is 2.41. The molecular weight excluding hydrogens is 308 g/mol. The fraction of sp³-hybridized carbons (Fsp3) is 0.0714. The Hall–Kier alpha value is -2.01. The lowest BCUT2D eigenvalue weighted by molar-refractivity contribution is -0.131. The van der Waals surface area contributed by atoms with Crippen molar-refractivity contribution in [1.29, 1.82) is 0 Å². The van der Waals surface area contributed by atoms with Gasteiger partial charge in [0.1, 0.15) is 0 Å². The maximum Gasteiger partial charge on any atom is 0.328 e. The van der Waals surface area contributed by atoms with E-state index in [9.17, 15) is 4.79 Å². The minimum atomic E-state index is -1.02. The highest BCUT2D eigenvalue weighted by atomic mass is 79.9. The van der Waals surface area contributed by atoms with Crippen LogP contribution in [0, 0.1) is 6.92 Å². The number of hydrogen-bond acceptors (Lipinski definition) is 3. The average Bonchev–Trinajstić information content (AvgIpc) is 2.36. The standard InChI is InChI=1S/C14H11BrN2O2/c1-9-8-12(10-2-4-11(15)5-3-10)17-13(16-9)6-7-14(18)19/h2-8H,1H3,(H,18,19)/b7-6+. The SMILES string of the molecule is Cc1cc(-c2ccc(Br)cc2)nc(/C=C/C(=O)O)n1. The summed E-state index contributed by atoms with van der Waals surface area (Å²) in [5.74, 6) is -0.629. The number of aryl methyl sites for hydroxylation is 1. The van der Waals surface area contributed by atoms with Crippen molar-refractivity contribution in [2.75, 3.05) is 0 Å². The Bertz CT molecular complexity index is 636. The normalized spacial score (nSPS) is 10.8. The van der Waals surface area contributed by atoms with Gasteiger partial charge in [-0.25, -0.2) is 14.8 Å². The number of nitrogens with zero attached hydrogens (tertiary/aromatic N) is 2. The van der Waals surface area contributed by atoms with E-state index in [1.54, 1.807) is 0 Å². The molecule has 1 N–H and O–H groups in total. The Labute approximate surface area is 119 Å². The third kappa shape index (κ3) is 3.72. The number of rotatable bonds is 3. The number of hydrogen-bond donors (Lipinski definition) is 1. The smallest absolute Gasteiger partial charge is 0.328 e. The molecule has 0 bridgehead atoms. The predicted octanol–water partition coefficient (Wildman–Crippen LogP) is 3.31. The van der Waals surface area contributed by atoms with E-state index in [1.165, 1.54) is 6.08 Å². The molecule has 0 spiro atoms. The van der Waals surface area contributed by atoms with Gasteiger partial charge >= 0.3 is 5.97 Å². The van der Waals surface area contributed by atoms with Crippen LogP contribution in [0.3, 0.4) is 0 Å². The van der Waals surface area contributed by atoms with Crippen molar-refractivity contribution < 1.29 is 9.90 Å². The molecule has 1 aromatic carbocycles. The lowest BCUT2D eigenvalue weighted by atomic mass is 10.1. The van der Waals surface area contributed by atoms with E-state index in [1.807, 2.05) is 37.3 Å². The number of halogens is 1. The van der Waals surface area contributed by atoms with Gasteiger partial charge in [-0.3, -0.25) is 0 Å². The number of carbonyl (C=O) groups is 1. The van der Waals surface area contributed by atoms with Gasteiger partial charge in [-0.1, -0.05) is 28.1 Å². The van der Waals surface area contributed by atoms with E-state index in [4.69, 9.17) is 5.11 Å². The van der Waals surface area contributed by atoms with Crippen LogP contribution in [-0.2, 0) is 4.79 Å². The minimum absolute atomic E-state index is 0.389. The first-order valence-corrected chi connectivity index (χ1v) is 6.36. The quantitative estimate of drug-likeness (QED) is 0.882. The number of aliphatic carboxylic acids is 1. The van der Waals surface area contributed by atoms with Gasteiger partial charge < -0.3 is 5.11 Å². The Kier molecular flexibility index (Phi) is 4.06. The summed E-state index contributed by atoms with van der Waals surface area (Å²) in [5.41, 5.74) is 2.52. The van der Waals surface area contributed by atoms with Crippen molar-refractivity contribution in [2.24, 2.45) is 0 Å². The molecule has 1 aromatic heterocycles. The summed E-state index contributed by atoms with van der Waals surface area (Å²) in [7, 11) is 0. The van der Waals surface area contributed by atoms with Gasteiger partial charge in [-0.05, 0) is 31.2 Å². The lowest BCUT2D eigenvalue weighted by Gasteiger charge is -2.04. The highest BCUT2D eigenvalue weighted by Gasteiger charge is 2.03. The predicted molar refractivity (Wildman–Crippen MR) is 76.6 cm³/mol. The zero-order valence-electron chi connectivity index (χ0n) is 10.2. The van der Waals surface area contributed by atoms with Crippen molar-refractivity contribution in [3.05, 3.63) is 52.4 Å². The monoisotopic (exact) mass is 318 g/mol. The van der Waals surface area contributed by atoms with Crippen LogP contribution in [0.2, 0.25) is 0 Å². The summed E-state index contributed by atoms with van der Waals surface area (Å²) < 4.78 is 0.994. The molecule has 2 rings (SSSR count). The van der Waals surface area contributed by atoms with Gasteiger partial charge in [0.05, 0.1) is 5.69 Å². The van der Waals surface area contributed by atoms with Crippen LogP contribution in [0.15, 0.2) is 40.9 Å². The number of carboxylic acids is 1. The van der Waals surface area contributed by atoms with Crippen LogP contribution in [0.1, 0.15) is 11.5 Å². The molecule has 1 heterocycles. The maximum absolute atomic E-state index is 10.5. The van der Waals surface area contributed by atoms with Crippen molar-refractivity contribution >= 4 is 28.0 Å². The topological polar surface area (TPSA) is 63.1 Å². The van der Waals surface area contributed by atoms with Crippen LogP contribution in [0.25, 0.3) is 17.3 Å². The van der Waals surface area contributed by atoms with E-state index in [0.29, 0.717) is 5.82 Å². The van der Waals surface area contributed by atoms with Gasteiger partial charge in [0.15, 0.2) is 5.82 Å². The summed E-state index contributed by atoms with van der Waals surface area (Å²) >= 11 is 3.38. The Morgan fingerprint density at radius 1 is 1.26 bits per heavy atom. The molecule has 0 aliphatic heterocycles. The lowest BCUT2D eigenvalue weighted by Crippen LogP contribution is -1.95. The largest absolute Gasteiger partial charge is 0.478 e. The van der Waals surface area contributed by atoms with Gasteiger partial charge in [0.25, 0.3) is 0 Å². The first-order chi connectivity index (χ1) is 9.04. The molecule has 19 heavy (non-hydrogen) atoms. The maximum atomic E-state index is 10.5. The molecule has 5 heteroatoms. The second kappa shape index (κ2) is 5.75. The third-order valence-corrected chi connectivity index (χ3v) is 2.92. The van der Waals surface area contributed by atoms with Crippen molar-refractivity contribution in [3.8, 4) is 11.3 Å². The highest BCUT2D eigenvalue weighted by Crippen LogP contribution is 2.20. The first kappa shape index (κ1) is 13.4. The van der Waals surface area contributed by atoms with Crippen LogP contribution >= 0.6 is 15.9 Å². The molecule has 0 aliphatic carbocycles. The molecule has 0 amide bonds. The van der Waals surface area contributed by atoms with Gasteiger partial charge in [0.2, 0.25) is 0 Å². The van der Waals surface area contributed by atoms with Crippen molar-refractivity contribution in [3.63, 3.8) is 0 Å². The average molecular weight is 319 g/mol. The van der Waals surface area contributed by atoms with E-state index in [0.717, 1.165) is 27.5 Å². The minimum Gasteiger partial charge on any atom is -0.478 e. The summed E-state index contributed by atoms with van der Waals surface area (Å²) in [4.78, 5) is 19.0. The summed E-state index contributed by atoms with van der Waals surface area (Å²) in [6, 6.07) is 9.60. The fourth-order valence-electron chi connectivity index (χ4n) is 1.58. The van der Waals surface area contributed by atoms with Crippen molar-refractivity contribution in [2.45, 2.75) is 6.92 Å². The van der Waals surface area contributed by atoms with E-state index in [-0.39, 0.29) is 0 Å². The van der Waals surface area contributed by atoms with Gasteiger partial charge in [0, 0.05) is 21.8 Å². The molecular formula is C14H11BrN2O2. The molecule has 4 nitrogen and oxygen atoms in total. The Morgan fingerprint density at radius 3 is 2.58 bits per heavy atom. The zero-order chi connectivity index (χ0) is 13.8. The molecule has 0 fully saturated rings. The third-order valence-electron chi connectivity index (χ3n) is 2.39.